The van der Waals surface area contributed by atoms with Crippen molar-refractivity contribution in [1.29, 1.82) is 0 Å². The van der Waals surface area contributed by atoms with Crippen LogP contribution in [0.2, 0.25) is 0 Å². The Kier molecular flexibility index (Phi) is 7.80. The van der Waals surface area contributed by atoms with Gasteiger partial charge in [-0.25, -0.2) is 28.2 Å². The van der Waals surface area contributed by atoms with Crippen molar-refractivity contribution in [3.8, 4) is 5.75 Å². The highest BCUT2D eigenvalue weighted by molar-refractivity contribution is 5.92. The topological polar surface area (TPSA) is 175 Å². The number of esters is 2. The summed E-state index contributed by atoms with van der Waals surface area (Å²) < 4.78 is 58.1. The first-order valence-corrected chi connectivity index (χ1v) is 13.7. The lowest BCUT2D eigenvalue weighted by Crippen LogP contribution is -2.68. The van der Waals surface area contributed by atoms with Crippen LogP contribution in [0.4, 0.5) is 0 Å². The Morgan fingerprint density at radius 2 is 1.63 bits per heavy atom. The van der Waals surface area contributed by atoms with Crippen LogP contribution in [-0.4, -0.2) is 18.5 Å². The summed E-state index contributed by atoms with van der Waals surface area (Å²) in [5.41, 5.74) is 4.72. The minimum Gasteiger partial charge on any atom is -0.472 e. The molecule has 0 radical (unpaired) electrons. The van der Waals surface area contributed by atoms with E-state index in [1.54, 1.807) is 38.0 Å². The molecule has 5 heterocycles. The average molecular weight is 582 g/mol. The lowest BCUT2D eigenvalue weighted by Gasteiger charge is -2.48. The fourth-order valence-electron chi connectivity index (χ4n) is 5.92. The molecule has 41 heavy (non-hydrogen) atoms. The fraction of sp³-hybridized carbons (Fsp3) is 0.207. The predicted octanol–water partition coefficient (Wildman–Crippen LogP) is -0.146. The average Bonchev–Trinajstić information content (AvgIpc) is 3.67. The van der Waals surface area contributed by atoms with Gasteiger partial charge < -0.3 is 18.3 Å². The first kappa shape index (κ1) is 28.3. The van der Waals surface area contributed by atoms with Gasteiger partial charge >= 0.3 is 11.9 Å². The molecule has 2 bridgehead atoms. The van der Waals surface area contributed by atoms with Gasteiger partial charge in [0.2, 0.25) is 0 Å². The van der Waals surface area contributed by atoms with Crippen LogP contribution in [0.3, 0.4) is 0 Å². The zero-order chi connectivity index (χ0) is 29.2. The zero-order valence-electron chi connectivity index (χ0n) is 21.6. The molecule has 2 aliphatic heterocycles. The van der Waals surface area contributed by atoms with E-state index in [1.807, 2.05) is 30.3 Å². The van der Waals surface area contributed by atoms with E-state index >= 15 is 0 Å². The highest BCUT2D eigenvalue weighted by Gasteiger charge is 2.61. The number of halogens is 1. The van der Waals surface area contributed by atoms with Crippen LogP contribution < -0.4 is 27.9 Å². The van der Waals surface area contributed by atoms with E-state index in [2.05, 4.69) is 22.9 Å². The molecule has 4 aromatic rings. The summed E-state index contributed by atoms with van der Waals surface area (Å²) >= 11 is 0. The Hall–Kier alpha value is -4.26. The van der Waals surface area contributed by atoms with E-state index in [0.29, 0.717) is 5.75 Å². The molecule has 2 unspecified atom stereocenters. The Morgan fingerprint density at radius 1 is 0.976 bits per heavy atom. The zero-order valence-corrected chi connectivity index (χ0v) is 22.4. The van der Waals surface area contributed by atoms with Crippen molar-refractivity contribution in [3.05, 3.63) is 120 Å². The number of ether oxygens (including phenoxy) is 2. The molecule has 0 fully saturated rings. The highest BCUT2D eigenvalue weighted by atomic mass is 35.7. The van der Waals surface area contributed by atoms with E-state index in [9.17, 15) is 9.59 Å². The molecular weight excluding hydrogens is 558 g/mol. The molecule has 2 atom stereocenters. The number of fused-ring (bicyclic) bond motifs is 1. The van der Waals surface area contributed by atoms with Gasteiger partial charge in [-0.2, -0.15) is 4.57 Å². The Balaban J connectivity index is 0.000000623. The number of hydrogen-bond acceptors (Lipinski definition) is 10. The molecule has 7 rings (SSSR count). The van der Waals surface area contributed by atoms with E-state index < -0.39 is 27.6 Å². The molecule has 0 spiro atoms. The van der Waals surface area contributed by atoms with Crippen molar-refractivity contribution in [2.75, 3.05) is 6.61 Å². The number of nitrogens with zero attached hydrogens (tertiary/aromatic N) is 1. The standard InChI is InChI=1S/C29H24NO6.ClHO4/c1-2-35-25(31)9-10-26(32)36-24-8-5-6-21-23-16-29(19-11-14-33-17-19,20-12-15-34-18-20)28(27(21)24)22-7-3-4-13-30(22)23;2-1(3,4)5/h3-15,17-18,23,28H,2,16H2,1H3;(H,2,3,4,5)/q+1;/p-1. The predicted molar refractivity (Wildman–Crippen MR) is 127 cm³/mol. The third kappa shape index (κ3) is 5.53. The minimum absolute atomic E-state index is 0.000254. The molecule has 1 aliphatic carbocycles. The SMILES string of the molecule is CCOC(=O)C=CC(=O)Oc1cccc2c1C1c3cccc[n+]3C2CC1(c1ccoc1)c1ccoc1.[O-][Cl+3]([O-])([O-])[O-]. The van der Waals surface area contributed by atoms with Crippen molar-refractivity contribution in [2.24, 2.45) is 0 Å². The van der Waals surface area contributed by atoms with E-state index in [4.69, 9.17) is 36.9 Å². The third-order valence-electron chi connectivity index (χ3n) is 7.24. The number of aromatic nitrogens is 1. The van der Waals surface area contributed by atoms with Gasteiger partial charge in [0.25, 0.3) is 0 Å². The van der Waals surface area contributed by atoms with Crippen LogP contribution >= 0.6 is 0 Å². The first-order chi connectivity index (χ1) is 19.6. The van der Waals surface area contributed by atoms with Crippen LogP contribution in [0.5, 0.6) is 5.75 Å². The Morgan fingerprint density at radius 3 is 2.24 bits per heavy atom. The molecule has 11 nitrogen and oxygen atoms in total. The largest absolute Gasteiger partial charge is 0.472 e. The number of carbonyl (C=O) groups excluding carboxylic acids is 2. The molecule has 0 saturated carbocycles. The maximum absolute atomic E-state index is 12.7. The number of hydrogen-bond donors (Lipinski definition) is 0. The number of furan rings is 2. The summed E-state index contributed by atoms with van der Waals surface area (Å²) in [6, 6.07) is 16.0. The lowest BCUT2D eigenvalue weighted by molar-refractivity contribution is -2.00. The van der Waals surface area contributed by atoms with E-state index in [-0.39, 0.29) is 18.6 Å². The maximum Gasteiger partial charge on any atom is 0.336 e. The number of benzene rings is 1. The first-order valence-electron chi connectivity index (χ1n) is 12.5. The summed E-state index contributed by atoms with van der Waals surface area (Å²) in [7, 11) is -4.94. The van der Waals surface area contributed by atoms with Gasteiger partial charge in [-0.15, -0.1) is 10.2 Å². The van der Waals surface area contributed by atoms with Gasteiger partial charge in [0.15, 0.2) is 17.9 Å². The molecule has 3 aliphatic rings. The molecule has 0 saturated heterocycles. The summed E-state index contributed by atoms with van der Waals surface area (Å²) in [6.45, 7) is 1.94. The second-order valence-corrected chi connectivity index (χ2v) is 10.1. The van der Waals surface area contributed by atoms with Crippen molar-refractivity contribution >= 4 is 11.9 Å². The summed E-state index contributed by atoms with van der Waals surface area (Å²) in [6.07, 6.45) is 12.0. The van der Waals surface area contributed by atoms with Gasteiger partial charge in [0, 0.05) is 53.0 Å². The van der Waals surface area contributed by atoms with Crippen LogP contribution in [0.15, 0.2) is 101 Å². The fourth-order valence-corrected chi connectivity index (χ4v) is 5.92. The van der Waals surface area contributed by atoms with Gasteiger partial charge in [-0.3, -0.25) is 0 Å². The number of carbonyl (C=O) groups is 2. The van der Waals surface area contributed by atoms with Crippen LogP contribution in [0.25, 0.3) is 0 Å². The summed E-state index contributed by atoms with van der Waals surface area (Å²) in [5, 5.41) is 0. The lowest BCUT2D eigenvalue weighted by atomic mass is 9.54. The highest BCUT2D eigenvalue weighted by Crippen LogP contribution is 2.61. The summed E-state index contributed by atoms with van der Waals surface area (Å²) in [4.78, 5) is 24.4. The molecule has 1 aromatic carbocycles. The monoisotopic (exact) mass is 581 g/mol. The van der Waals surface area contributed by atoms with Crippen molar-refractivity contribution in [3.63, 3.8) is 0 Å². The molecular formula is C29H24ClNO10. The minimum atomic E-state index is -4.94. The van der Waals surface area contributed by atoms with Gasteiger partial charge in [0.05, 0.1) is 43.0 Å². The molecule has 0 N–H and O–H groups in total. The maximum atomic E-state index is 12.7. The van der Waals surface area contributed by atoms with Gasteiger partial charge in [0.1, 0.15) is 5.75 Å². The molecule has 0 amide bonds. The van der Waals surface area contributed by atoms with E-state index in [1.165, 1.54) is 0 Å². The summed E-state index contributed by atoms with van der Waals surface area (Å²) in [5.74, 6) is -0.956. The second-order valence-electron chi connectivity index (χ2n) is 9.32. The second kappa shape index (κ2) is 11.3. The van der Waals surface area contributed by atoms with Crippen LogP contribution in [0, 0.1) is 10.2 Å². The normalized spacial score (nSPS) is 18.2. The third-order valence-corrected chi connectivity index (χ3v) is 7.24. The quantitative estimate of drug-likeness (QED) is 0.129. The molecule has 3 aromatic heterocycles. The molecule has 212 valence electrons. The van der Waals surface area contributed by atoms with Crippen molar-refractivity contribution in [2.45, 2.75) is 30.7 Å². The number of pyridine rings is 1. The molecule has 12 heteroatoms. The van der Waals surface area contributed by atoms with Gasteiger partial charge in [-0.05, 0) is 25.1 Å². The van der Waals surface area contributed by atoms with E-state index in [0.717, 1.165) is 46.5 Å². The number of rotatable bonds is 6. The smallest absolute Gasteiger partial charge is 0.336 e. The Bertz CT molecular complexity index is 1520. The van der Waals surface area contributed by atoms with Crippen molar-refractivity contribution < 1.29 is 61.3 Å². The van der Waals surface area contributed by atoms with Crippen molar-refractivity contribution in [1.82, 2.24) is 0 Å². The Labute approximate surface area is 236 Å². The van der Waals surface area contributed by atoms with Crippen LogP contribution in [0.1, 0.15) is 53.3 Å². The van der Waals surface area contributed by atoms with Crippen LogP contribution in [-0.2, 0) is 19.7 Å². The van der Waals surface area contributed by atoms with Gasteiger partial charge in [-0.1, -0.05) is 18.2 Å².